The number of hydrogen-bond acceptors (Lipinski definition) is 5. The van der Waals surface area contributed by atoms with Crippen LogP contribution in [0.2, 0.25) is 0 Å². The van der Waals surface area contributed by atoms with E-state index in [1.165, 1.54) is 32.4 Å². The summed E-state index contributed by atoms with van der Waals surface area (Å²) in [5.41, 5.74) is 2.47. The molecule has 0 saturated heterocycles. The summed E-state index contributed by atoms with van der Waals surface area (Å²) >= 11 is 0. The van der Waals surface area contributed by atoms with Crippen LogP contribution in [0.15, 0.2) is 77.7 Å². The van der Waals surface area contributed by atoms with Crippen molar-refractivity contribution in [2.75, 3.05) is 31.6 Å². The van der Waals surface area contributed by atoms with Gasteiger partial charge in [0.15, 0.2) is 11.5 Å². The molecule has 0 heterocycles. The number of carbonyl (C=O) groups is 1. The van der Waals surface area contributed by atoms with Crippen molar-refractivity contribution in [1.29, 1.82) is 0 Å². The predicted octanol–water partition coefficient (Wildman–Crippen LogP) is 3.57. The van der Waals surface area contributed by atoms with Crippen LogP contribution >= 0.6 is 0 Å². The molecular weight excluding hydrogens is 440 g/mol. The number of hydrogen-bond donors (Lipinski definition) is 1. The van der Waals surface area contributed by atoms with Gasteiger partial charge in [0.1, 0.15) is 6.54 Å². The van der Waals surface area contributed by atoms with Crippen LogP contribution in [0, 0.1) is 6.92 Å². The van der Waals surface area contributed by atoms with Gasteiger partial charge in [0.25, 0.3) is 10.0 Å². The van der Waals surface area contributed by atoms with Gasteiger partial charge in [0.05, 0.1) is 24.8 Å². The zero-order valence-electron chi connectivity index (χ0n) is 18.9. The lowest BCUT2D eigenvalue weighted by atomic mass is 10.1. The molecule has 7 nitrogen and oxygen atoms in total. The minimum atomic E-state index is -4.06. The van der Waals surface area contributed by atoms with Gasteiger partial charge in [-0.3, -0.25) is 9.10 Å². The number of benzene rings is 3. The molecule has 3 aromatic rings. The molecule has 3 rings (SSSR count). The van der Waals surface area contributed by atoms with Crippen LogP contribution in [-0.2, 0) is 21.2 Å². The van der Waals surface area contributed by atoms with Gasteiger partial charge in [-0.25, -0.2) is 8.42 Å². The second-order valence-corrected chi connectivity index (χ2v) is 9.31. The van der Waals surface area contributed by atoms with Crippen molar-refractivity contribution in [3.8, 4) is 11.5 Å². The van der Waals surface area contributed by atoms with Crippen molar-refractivity contribution in [2.45, 2.75) is 18.2 Å². The summed E-state index contributed by atoms with van der Waals surface area (Å²) in [6.07, 6.45) is 0.652. The van der Waals surface area contributed by atoms with E-state index in [9.17, 15) is 13.2 Å². The molecule has 0 spiro atoms. The number of ether oxygens (including phenoxy) is 2. The van der Waals surface area contributed by atoms with Gasteiger partial charge in [-0.2, -0.15) is 0 Å². The molecule has 0 atom stereocenters. The molecule has 0 aliphatic heterocycles. The molecule has 0 aliphatic rings. The van der Waals surface area contributed by atoms with E-state index >= 15 is 0 Å². The molecule has 0 aliphatic carbocycles. The fourth-order valence-electron chi connectivity index (χ4n) is 3.31. The number of amides is 1. The van der Waals surface area contributed by atoms with Crippen LogP contribution in [0.1, 0.15) is 11.1 Å². The number of nitrogens with zero attached hydrogens (tertiary/aromatic N) is 1. The zero-order valence-corrected chi connectivity index (χ0v) is 19.8. The lowest BCUT2D eigenvalue weighted by Crippen LogP contribution is -2.41. The van der Waals surface area contributed by atoms with E-state index in [-0.39, 0.29) is 17.2 Å². The van der Waals surface area contributed by atoms with Gasteiger partial charge in [0.2, 0.25) is 5.91 Å². The molecule has 0 aromatic heterocycles. The Balaban J connectivity index is 1.85. The number of rotatable bonds is 10. The number of methoxy groups -OCH3 is 2. The quantitative estimate of drug-likeness (QED) is 0.492. The fraction of sp³-hybridized carbons (Fsp3) is 0.240. The van der Waals surface area contributed by atoms with Gasteiger partial charge in [-0.1, -0.05) is 48.0 Å². The van der Waals surface area contributed by atoms with E-state index in [4.69, 9.17) is 9.47 Å². The van der Waals surface area contributed by atoms with E-state index in [1.807, 2.05) is 37.3 Å². The van der Waals surface area contributed by atoms with Gasteiger partial charge >= 0.3 is 0 Å². The average Bonchev–Trinajstić information content (AvgIpc) is 2.83. The van der Waals surface area contributed by atoms with Gasteiger partial charge in [-0.05, 0) is 43.2 Å². The molecule has 1 amide bonds. The zero-order chi connectivity index (χ0) is 23.8. The Morgan fingerprint density at radius 3 is 2.21 bits per heavy atom. The number of anilines is 1. The Hall–Kier alpha value is -3.52. The Morgan fingerprint density at radius 1 is 0.909 bits per heavy atom. The van der Waals surface area contributed by atoms with Crippen LogP contribution < -0.4 is 19.1 Å². The van der Waals surface area contributed by atoms with E-state index < -0.39 is 15.9 Å². The van der Waals surface area contributed by atoms with Gasteiger partial charge in [0, 0.05) is 12.6 Å². The lowest BCUT2D eigenvalue weighted by Gasteiger charge is -2.24. The summed E-state index contributed by atoms with van der Waals surface area (Å²) in [6.45, 7) is 1.96. The fourth-order valence-corrected chi connectivity index (χ4v) is 4.74. The van der Waals surface area contributed by atoms with Crippen LogP contribution in [0.3, 0.4) is 0 Å². The van der Waals surface area contributed by atoms with Crippen molar-refractivity contribution < 1.29 is 22.7 Å². The van der Waals surface area contributed by atoms with Crippen molar-refractivity contribution in [1.82, 2.24) is 5.32 Å². The molecule has 0 bridgehead atoms. The smallest absolute Gasteiger partial charge is 0.264 e. The van der Waals surface area contributed by atoms with E-state index in [0.29, 0.717) is 24.4 Å². The monoisotopic (exact) mass is 468 g/mol. The Bertz CT molecular complexity index is 1180. The highest BCUT2D eigenvalue weighted by atomic mass is 32.2. The molecule has 33 heavy (non-hydrogen) atoms. The summed E-state index contributed by atoms with van der Waals surface area (Å²) in [5.74, 6) is 0.308. The summed E-state index contributed by atoms with van der Waals surface area (Å²) in [5, 5.41) is 2.82. The van der Waals surface area contributed by atoms with E-state index in [2.05, 4.69) is 5.32 Å². The Morgan fingerprint density at radius 2 is 1.58 bits per heavy atom. The molecule has 3 aromatic carbocycles. The largest absolute Gasteiger partial charge is 0.493 e. The topological polar surface area (TPSA) is 84.9 Å². The molecule has 8 heteroatoms. The van der Waals surface area contributed by atoms with Gasteiger partial charge in [-0.15, -0.1) is 0 Å². The first kappa shape index (κ1) is 24.1. The number of nitrogens with one attached hydrogen (secondary N) is 1. The Kier molecular flexibility index (Phi) is 7.95. The Labute approximate surface area is 195 Å². The highest BCUT2D eigenvalue weighted by molar-refractivity contribution is 7.92. The maximum Gasteiger partial charge on any atom is 0.264 e. The third kappa shape index (κ3) is 6.04. The third-order valence-electron chi connectivity index (χ3n) is 5.13. The summed E-state index contributed by atoms with van der Waals surface area (Å²) in [6, 6.07) is 21.1. The average molecular weight is 469 g/mol. The number of aryl methyl sites for hydroxylation is 1. The minimum absolute atomic E-state index is 0.00203. The molecule has 1 N–H and O–H groups in total. The second-order valence-electron chi connectivity index (χ2n) is 7.45. The molecule has 0 fully saturated rings. The lowest BCUT2D eigenvalue weighted by molar-refractivity contribution is -0.119. The molecule has 174 valence electrons. The van der Waals surface area contributed by atoms with E-state index in [0.717, 1.165) is 15.4 Å². The van der Waals surface area contributed by atoms with Crippen molar-refractivity contribution in [3.05, 3.63) is 83.9 Å². The predicted molar refractivity (Wildman–Crippen MR) is 128 cm³/mol. The van der Waals surface area contributed by atoms with Crippen molar-refractivity contribution >= 4 is 21.6 Å². The molecule has 0 unspecified atom stereocenters. The highest BCUT2D eigenvalue weighted by Gasteiger charge is 2.28. The minimum Gasteiger partial charge on any atom is -0.493 e. The highest BCUT2D eigenvalue weighted by Crippen LogP contribution is 2.32. The summed E-state index contributed by atoms with van der Waals surface area (Å²) in [7, 11) is -1.15. The summed E-state index contributed by atoms with van der Waals surface area (Å²) < 4.78 is 38.7. The second kappa shape index (κ2) is 10.9. The number of carbonyl (C=O) groups excluding carboxylic acids is 1. The van der Waals surface area contributed by atoms with Crippen molar-refractivity contribution in [3.63, 3.8) is 0 Å². The molecular formula is C25H28N2O5S. The molecule has 0 saturated carbocycles. The third-order valence-corrected chi connectivity index (χ3v) is 6.90. The first-order valence-electron chi connectivity index (χ1n) is 10.5. The standard InChI is InChI=1S/C25H28N2O5S/c1-19-9-11-21(12-10-19)27(18-25(28)26-16-15-20-7-5-4-6-8-20)33(29,30)22-13-14-23(31-2)24(17-22)32-3/h4-14,17H,15-16,18H2,1-3H3,(H,26,28). The first-order chi connectivity index (χ1) is 15.8. The van der Waals surface area contributed by atoms with Crippen LogP contribution in [-0.4, -0.2) is 41.6 Å². The maximum absolute atomic E-state index is 13.6. The van der Waals surface area contributed by atoms with Crippen LogP contribution in [0.25, 0.3) is 0 Å². The van der Waals surface area contributed by atoms with Crippen molar-refractivity contribution in [2.24, 2.45) is 0 Å². The SMILES string of the molecule is COc1ccc(S(=O)(=O)N(CC(=O)NCCc2ccccc2)c2ccc(C)cc2)cc1OC. The van der Waals surface area contributed by atoms with Gasteiger partial charge < -0.3 is 14.8 Å². The first-order valence-corrected chi connectivity index (χ1v) is 11.9. The maximum atomic E-state index is 13.6. The van der Waals surface area contributed by atoms with Crippen LogP contribution in [0.5, 0.6) is 11.5 Å². The van der Waals surface area contributed by atoms with Crippen LogP contribution in [0.4, 0.5) is 5.69 Å². The number of sulfonamides is 1. The summed E-state index contributed by atoms with van der Waals surface area (Å²) in [4.78, 5) is 12.7. The molecule has 0 radical (unpaired) electrons. The normalized spacial score (nSPS) is 11.0. The van der Waals surface area contributed by atoms with E-state index in [1.54, 1.807) is 24.3 Å².